The van der Waals surface area contributed by atoms with E-state index in [1.54, 1.807) is 0 Å². The van der Waals surface area contributed by atoms with E-state index < -0.39 is 5.97 Å². The largest absolute Gasteiger partial charge is 0.478 e. The highest BCUT2D eigenvalue weighted by molar-refractivity contribution is 5.99. The molecule has 0 radical (unpaired) electrons. The van der Waals surface area contributed by atoms with Gasteiger partial charge in [-0.05, 0) is 12.5 Å². The van der Waals surface area contributed by atoms with E-state index >= 15 is 0 Å². The summed E-state index contributed by atoms with van der Waals surface area (Å²) < 4.78 is 0. The van der Waals surface area contributed by atoms with Crippen LogP contribution in [0.15, 0.2) is 42.0 Å². The van der Waals surface area contributed by atoms with Crippen LogP contribution < -0.4 is 0 Å². The number of hydrogen-bond donors (Lipinski definition) is 1. The van der Waals surface area contributed by atoms with E-state index in [4.69, 9.17) is 5.11 Å². The molecule has 1 N–H and O–H groups in total. The van der Waals surface area contributed by atoms with Gasteiger partial charge in [-0.25, -0.2) is 4.79 Å². The van der Waals surface area contributed by atoms with Crippen LogP contribution in [0.4, 0.5) is 0 Å². The third-order valence-electron chi connectivity index (χ3n) is 1.99. The first-order valence-corrected chi connectivity index (χ1v) is 4.58. The Hall–Kier alpha value is -1.90. The van der Waals surface area contributed by atoms with Crippen LogP contribution in [0.3, 0.4) is 0 Å². The first-order valence-electron chi connectivity index (χ1n) is 4.58. The second-order valence-electron chi connectivity index (χ2n) is 3.23. The summed E-state index contributed by atoms with van der Waals surface area (Å²) in [5, 5.41) is 8.58. The van der Waals surface area contributed by atoms with Crippen LogP contribution >= 0.6 is 0 Å². The Kier molecular flexibility index (Phi) is 3.80. The van der Waals surface area contributed by atoms with Gasteiger partial charge in [0.05, 0.1) is 0 Å². The molecule has 15 heavy (non-hydrogen) atoms. The Labute approximate surface area is 88.0 Å². The molecule has 3 nitrogen and oxygen atoms in total. The van der Waals surface area contributed by atoms with Gasteiger partial charge in [0, 0.05) is 18.1 Å². The predicted octanol–water partition coefficient (Wildman–Crippen LogP) is 1.83. The Bertz CT molecular complexity index is 391. The molecule has 0 heterocycles. The summed E-state index contributed by atoms with van der Waals surface area (Å²) in [4.78, 5) is 21.6. The molecule has 78 valence electrons. The van der Waals surface area contributed by atoms with Gasteiger partial charge in [0.1, 0.15) is 0 Å². The third-order valence-corrected chi connectivity index (χ3v) is 1.99. The summed E-state index contributed by atoms with van der Waals surface area (Å²) in [5.74, 6) is -1.29. The zero-order chi connectivity index (χ0) is 11.3. The lowest BCUT2D eigenvalue weighted by molar-refractivity contribution is -0.131. The van der Waals surface area contributed by atoms with Crippen molar-refractivity contribution < 1.29 is 14.7 Å². The van der Waals surface area contributed by atoms with Crippen molar-refractivity contribution in [1.29, 1.82) is 0 Å². The number of hydrogen-bond acceptors (Lipinski definition) is 2. The molecule has 3 heteroatoms. The number of Topliss-reactive ketones (excluding diaryl/α,β-unsaturated/α-hetero) is 1. The van der Waals surface area contributed by atoms with E-state index in [0.29, 0.717) is 12.0 Å². The summed E-state index contributed by atoms with van der Waals surface area (Å²) >= 11 is 0. The minimum absolute atomic E-state index is 0.207. The molecule has 0 atom stereocenters. The van der Waals surface area contributed by atoms with Crippen LogP contribution in [0.2, 0.25) is 0 Å². The molecular formula is C12H12O3. The second kappa shape index (κ2) is 5.10. The lowest BCUT2D eigenvalue weighted by Gasteiger charge is -2.02. The van der Waals surface area contributed by atoms with Crippen molar-refractivity contribution in [1.82, 2.24) is 0 Å². The minimum atomic E-state index is -1.09. The van der Waals surface area contributed by atoms with Crippen LogP contribution in [0, 0.1) is 0 Å². The molecule has 0 bridgehead atoms. The highest BCUT2D eigenvalue weighted by Crippen LogP contribution is 2.08. The fourth-order valence-electron chi connectivity index (χ4n) is 1.24. The van der Waals surface area contributed by atoms with Crippen LogP contribution in [-0.4, -0.2) is 16.9 Å². The highest BCUT2D eigenvalue weighted by atomic mass is 16.4. The predicted molar refractivity (Wildman–Crippen MR) is 56.5 cm³/mol. The Morgan fingerprint density at radius 3 is 2.33 bits per heavy atom. The fraction of sp³-hybridized carbons (Fsp3) is 0.167. The lowest BCUT2D eigenvalue weighted by Crippen LogP contribution is -2.04. The molecule has 0 fully saturated rings. The molecule has 1 aromatic rings. The standard InChI is InChI=1S/C12H12O3/c1-9(13)11(8-12(14)15)7-10-5-3-2-4-6-10/h2-6,8H,7H2,1H3,(H,14,15)/b11-8+. The van der Waals surface area contributed by atoms with Crippen LogP contribution in [-0.2, 0) is 16.0 Å². The maximum absolute atomic E-state index is 11.2. The number of carbonyl (C=O) groups is 2. The van der Waals surface area contributed by atoms with E-state index in [1.807, 2.05) is 30.3 Å². The van der Waals surface area contributed by atoms with Crippen LogP contribution in [0.25, 0.3) is 0 Å². The van der Waals surface area contributed by atoms with Crippen molar-refractivity contribution >= 4 is 11.8 Å². The molecule has 0 unspecified atom stereocenters. The maximum atomic E-state index is 11.2. The average molecular weight is 204 g/mol. The zero-order valence-corrected chi connectivity index (χ0v) is 8.43. The molecule has 0 amide bonds. The summed E-state index contributed by atoms with van der Waals surface area (Å²) in [7, 11) is 0. The number of aliphatic carboxylic acids is 1. The molecule has 0 spiro atoms. The van der Waals surface area contributed by atoms with Gasteiger partial charge < -0.3 is 5.11 Å². The third kappa shape index (κ3) is 3.77. The van der Waals surface area contributed by atoms with E-state index in [-0.39, 0.29) is 5.78 Å². The smallest absolute Gasteiger partial charge is 0.328 e. The van der Waals surface area contributed by atoms with Crippen molar-refractivity contribution in [2.75, 3.05) is 0 Å². The molecule has 1 aromatic carbocycles. The van der Waals surface area contributed by atoms with Crippen molar-refractivity contribution in [2.24, 2.45) is 0 Å². The van der Waals surface area contributed by atoms with Gasteiger partial charge in [-0.2, -0.15) is 0 Å². The summed E-state index contributed by atoms with van der Waals surface area (Å²) in [6.45, 7) is 1.37. The second-order valence-corrected chi connectivity index (χ2v) is 3.23. The number of carboxylic acid groups (broad SMARTS) is 1. The molecule has 0 aromatic heterocycles. The number of allylic oxidation sites excluding steroid dienone is 1. The summed E-state index contributed by atoms with van der Waals surface area (Å²) in [6, 6.07) is 9.30. The van der Waals surface area contributed by atoms with Crippen molar-refractivity contribution in [3.05, 3.63) is 47.5 Å². The Morgan fingerprint density at radius 2 is 1.87 bits per heavy atom. The monoisotopic (exact) mass is 204 g/mol. The zero-order valence-electron chi connectivity index (χ0n) is 8.43. The van der Waals surface area contributed by atoms with Gasteiger partial charge in [-0.1, -0.05) is 30.3 Å². The van der Waals surface area contributed by atoms with Gasteiger partial charge in [-0.15, -0.1) is 0 Å². The van der Waals surface area contributed by atoms with Gasteiger partial charge in [-0.3, -0.25) is 4.79 Å². The van der Waals surface area contributed by atoms with Crippen LogP contribution in [0.5, 0.6) is 0 Å². The van der Waals surface area contributed by atoms with Gasteiger partial charge in [0.25, 0.3) is 0 Å². The molecular weight excluding hydrogens is 192 g/mol. The molecule has 0 aliphatic heterocycles. The number of carbonyl (C=O) groups excluding carboxylic acids is 1. The SMILES string of the molecule is CC(=O)/C(=C/C(=O)O)Cc1ccccc1. The normalized spacial score (nSPS) is 11.1. The van der Waals surface area contributed by atoms with Crippen molar-refractivity contribution in [2.45, 2.75) is 13.3 Å². The van der Waals surface area contributed by atoms with Gasteiger partial charge in [0.15, 0.2) is 5.78 Å². The Morgan fingerprint density at radius 1 is 1.27 bits per heavy atom. The van der Waals surface area contributed by atoms with Crippen LogP contribution in [0.1, 0.15) is 12.5 Å². The topological polar surface area (TPSA) is 54.4 Å². The molecule has 0 aliphatic carbocycles. The number of carboxylic acids is 1. The number of rotatable bonds is 4. The lowest BCUT2D eigenvalue weighted by atomic mass is 10.0. The maximum Gasteiger partial charge on any atom is 0.328 e. The average Bonchev–Trinajstić information content (AvgIpc) is 2.17. The quantitative estimate of drug-likeness (QED) is 0.761. The molecule has 0 saturated carbocycles. The van der Waals surface area contributed by atoms with E-state index in [9.17, 15) is 9.59 Å². The fourth-order valence-corrected chi connectivity index (χ4v) is 1.24. The molecule has 1 rings (SSSR count). The minimum Gasteiger partial charge on any atom is -0.478 e. The van der Waals surface area contributed by atoms with E-state index in [0.717, 1.165) is 11.6 Å². The van der Waals surface area contributed by atoms with E-state index in [1.165, 1.54) is 6.92 Å². The summed E-state index contributed by atoms with van der Waals surface area (Å²) in [5.41, 5.74) is 1.24. The van der Waals surface area contributed by atoms with Crippen molar-refractivity contribution in [3.63, 3.8) is 0 Å². The van der Waals surface area contributed by atoms with Crippen molar-refractivity contribution in [3.8, 4) is 0 Å². The molecule has 0 aliphatic rings. The Balaban J connectivity index is 2.86. The van der Waals surface area contributed by atoms with Gasteiger partial charge in [0.2, 0.25) is 0 Å². The molecule has 0 saturated heterocycles. The summed E-state index contributed by atoms with van der Waals surface area (Å²) in [6.07, 6.45) is 1.33. The first-order chi connectivity index (χ1) is 7.09. The number of ketones is 1. The van der Waals surface area contributed by atoms with Gasteiger partial charge >= 0.3 is 5.97 Å². The first kappa shape index (κ1) is 11.2. The number of benzene rings is 1. The van der Waals surface area contributed by atoms with E-state index in [2.05, 4.69) is 0 Å². The highest BCUT2D eigenvalue weighted by Gasteiger charge is 2.06.